The summed E-state index contributed by atoms with van der Waals surface area (Å²) in [6.45, 7) is 0.820. The lowest BCUT2D eigenvalue weighted by atomic mass is 10.2. The van der Waals surface area contributed by atoms with Crippen molar-refractivity contribution < 1.29 is 4.39 Å². The van der Waals surface area contributed by atoms with Gasteiger partial charge in [-0.1, -0.05) is 0 Å². The first kappa shape index (κ1) is 9.98. The Kier molecular flexibility index (Phi) is 2.87. The van der Waals surface area contributed by atoms with Crippen LogP contribution in [-0.4, -0.2) is 23.6 Å². The molecule has 0 saturated heterocycles. The fourth-order valence-electron chi connectivity index (χ4n) is 1.39. The number of hydrogen-bond donors (Lipinski definition) is 1. The molecule has 4 heteroatoms. The van der Waals surface area contributed by atoms with Crippen LogP contribution in [-0.2, 0) is 6.42 Å². The molecule has 0 saturated carbocycles. The van der Waals surface area contributed by atoms with Crippen molar-refractivity contribution in [3.05, 3.63) is 36.0 Å². The molecule has 0 radical (unpaired) electrons. The summed E-state index contributed by atoms with van der Waals surface area (Å²) in [5.41, 5.74) is 0.663. The maximum absolute atomic E-state index is 12.9. The third-order valence-electron chi connectivity index (χ3n) is 2.19. The molecular formula is C11H12FN3. The fraction of sp³-hybridized carbons (Fsp3) is 0.273. The molecule has 0 aliphatic heterocycles. The molecular weight excluding hydrogens is 193 g/mol. The molecule has 15 heavy (non-hydrogen) atoms. The van der Waals surface area contributed by atoms with Crippen LogP contribution in [0.2, 0.25) is 0 Å². The topological polar surface area (TPSA) is 37.8 Å². The van der Waals surface area contributed by atoms with Crippen molar-refractivity contribution in [1.29, 1.82) is 0 Å². The van der Waals surface area contributed by atoms with Gasteiger partial charge in [-0.15, -0.1) is 0 Å². The van der Waals surface area contributed by atoms with Crippen LogP contribution in [0.3, 0.4) is 0 Å². The van der Waals surface area contributed by atoms with Crippen LogP contribution in [0.1, 0.15) is 5.82 Å². The third-order valence-corrected chi connectivity index (χ3v) is 2.19. The molecule has 0 aliphatic carbocycles. The molecule has 1 aromatic heterocycles. The van der Waals surface area contributed by atoms with Crippen molar-refractivity contribution in [2.45, 2.75) is 6.42 Å². The van der Waals surface area contributed by atoms with E-state index in [1.54, 1.807) is 12.3 Å². The number of hydrogen-bond acceptors (Lipinski definition) is 3. The number of halogens is 1. The van der Waals surface area contributed by atoms with Crippen molar-refractivity contribution in [2.75, 3.05) is 13.6 Å². The number of nitrogens with zero attached hydrogens (tertiary/aromatic N) is 2. The summed E-state index contributed by atoms with van der Waals surface area (Å²) in [7, 11) is 1.88. The molecule has 0 unspecified atom stereocenters. The van der Waals surface area contributed by atoms with E-state index in [9.17, 15) is 4.39 Å². The fourth-order valence-corrected chi connectivity index (χ4v) is 1.39. The van der Waals surface area contributed by atoms with Crippen LogP contribution in [0, 0.1) is 5.82 Å². The first-order chi connectivity index (χ1) is 7.29. The molecule has 0 atom stereocenters. The van der Waals surface area contributed by atoms with Crippen LogP contribution in [0.5, 0.6) is 0 Å². The second-order valence-corrected chi connectivity index (χ2v) is 3.34. The molecule has 0 bridgehead atoms. The number of fused-ring (bicyclic) bond motifs is 1. The molecule has 3 nitrogen and oxygen atoms in total. The highest BCUT2D eigenvalue weighted by Gasteiger charge is 2.00. The van der Waals surface area contributed by atoms with Crippen LogP contribution < -0.4 is 5.32 Å². The van der Waals surface area contributed by atoms with Gasteiger partial charge in [-0.2, -0.15) is 0 Å². The van der Waals surface area contributed by atoms with Gasteiger partial charge in [0.15, 0.2) is 0 Å². The minimum atomic E-state index is -0.263. The van der Waals surface area contributed by atoms with Crippen LogP contribution in [0.4, 0.5) is 4.39 Å². The highest BCUT2D eigenvalue weighted by Crippen LogP contribution is 2.12. The summed E-state index contributed by atoms with van der Waals surface area (Å²) in [6.07, 6.45) is 2.48. The third kappa shape index (κ3) is 2.27. The number of likely N-dealkylation sites (N-methyl/N-ethyl adjacent to an activating group) is 1. The standard InChI is InChI=1S/C11H12FN3/c1-13-5-4-11-14-7-8-2-3-9(12)6-10(8)15-11/h2-3,6-7,13H,4-5H2,1H3. The van der Waals surface area contributed by atoms with Gasteiger partial charge in [-0.25, -0.2) is 14.4 Å². The lowest BCUT2D eigenvalue weighted by molar-refractivity contribution is 0.629. The van der Waals surface area contributed by atoms with Crippen molar-refractivity contribution >= 4 is 10.9 Å². The number of benzene rings is 1. The van der Waals surface area contributed by atoms with E-state index in [4.69, 9.17) is 0 Å². The number of aromatic nitrogens is 2. The smallest absolute Gasteiger partial charge is 0.130 e. The van der Waals surface area contributed by atoms with E-state index in [0.717, 1.165) is 24.2 Å². The average Bonchev–Trinajstić information content (AvgIpc) is 2.25. The summed E-state index contributed by atoms with van der Waals surface area (Å²) < 4.78 is 12.9. The Morgan fingerprint density at radius 1 is 1.40 bits per heavy atom. The zero-order valence-corrected chi connectivity index (χ0v) is 8.50. The second kappa shape index (κ2) is 4.31. The maximum atomic E-state index is 12.9. The summed E-state index contributed by atoms with van der Waals surface area (Å²) in [6, 6.07) is 4.53. The van der Waals surface area contributed by atoms with Crippen molar-refractivity contribution in [2.24, 2.45) is 0 Å². The Balaban J connectivity index is 2.36. The average molecular weight is 205 g/mol. The Morgan fingerprint density at radius 3 is 3.07 bits per heavy atom. The zero-order chi connectivity index (χ0) is 10.7. The molecule has 78 valence electrons. The first-order valence-electron chi connectivity index (χ1n) is 4.85. The van der Waals surface area contributed by atoms with E-state index in [1.807, 2.05) is 7.05 Å². The largest absolute Gasteiger partial charge is 0.319 e. The van der Waals surface area contributed by atoms with Gasteiger partial charge in [0.05, 0.1) is 5.52 Å². The number of rotatable bonds is 3. The van der Waals surface area contributed by atoms with Crippen molar-refractivity contribution in [1.82, 2.24) is 15.3 Å². The Morgan fingerprint density at radius 2 is 2.27 bits per heavy atom. The lowest BCUT2D eigenvalue weighted by Gasteiger charge is -2.01. The second-order valence-electron chi connectivity index (χ2n) is 3.34. The summed E-state index contributed by atoms with van der Waals surface area (Å²) >= 11 is 0. The van der Waals surface area contributed by atoms with Gasteiger partial charge in [-0.3, -0.25) is 0 Å². The lowest BCUT2D eigenvalue weighted by Crippen LogP contribution is -2.12. The van der Waals surface area contributed by atoms with Crippen LogP contribution in [0.25, 0.3) is 10.9 Å². The predicted molar refractivity (Wildman–Crippen MR) is 57.1 cm³/mol. The molecule has 0 spiro atoms. The Bertz CT molecular complexity index is 470. The van der Waals surface area contributed by atoms with E-state index >= 15 is 0 Å². The molecule has 2 aromatic rings. The van der Waals surface area contributed by atoms with E-state index in [-0.39, 0.29) is 5.82 Å². The Hall–Kier alpha value is -1.55. The summed E-state index contributed by atoms with van der Waals surface area (Å²) in [4.78, 5) is 8.48. The highest BCUT2D eigenvalue weighted by atomic mass is 19.1. The normalized spacial score (nSPS) is 10.8. The van der Waals surface area contributed by atoms with E-state index < -0.39 is 0 Å². The minimum Gasteiger partial charge on any atom is -0.319 e. The molecule has 0 amide bonds. The van der Waals surface area contributed by atoms with Gasteiger partial charge in [0.2, 0.25) is 0 Å². The van der Waals surface area contributed by atoms with Crippen LogP contribution >= 0.6 is 0 Å². The monoisotopic (exact) mass is 205 g/mol. The van der Waals surface area contributed by atoms with Crippen molar-refractivity contribution in [3.8, 4) is 0 Å². The van der Waals surface area contributed by atoms with Gasteiger partial charge in [0.25, 0.3) is 0 Å². The van der Waals surface area contributed by atoms with Gasteiger partial charge in [0.1, 0.15) is 11.6 Å². The van der Waals surface area contributed by atoms with E-state index in [0.29, 0.717) is 5.52 Å². The highest BCUT2D eigenvalue weighted by molar-refractivity contribution is 5.77. The molecule has 0 aliphatic rings. The molecule has 1 heterocycles. The quantitative estimate of drug-likeness (QED) is 0.825. The minimum absolute atomic E-state index is 0.263. The van der Waals surface area contributed by atoms with Gasteiger partial charge in [0, 0.05) is 30.6 Å². The van der Waals surface area contributed by atoms with E-state index in [2.05, 4.69) is 15.3 Å². The van der Waals surface area contributed by atoms with Gasteiger partial charge in [-0.05, 0) is 19.2 Å². The molecule has 1 N–H and O–H groups in total. The summed E-state index contributed by atoms with van der Waals surface area (Å²) in [5, 5.41) is 3.89. The summed E-state index contributed by atoms with van der Waals surface area (Å²) in [5.74, 6) is 0.475. The Labute approximate surface area is 87.4 Å². The van der Waals surface area contributed by atoms with Gasteiger partial charge >= 0.3 is 0 Å². The predicted octanol–water partition coefficient (Wildman–Crippen LogP) is 1.53. The number of nitrogens with one attached hydrogen (secondary N) is 1. The molecule has 2 rings (SSSR count). The van der Waals surface area contributed by atoms with Crippen LogP contribution in [0.15, 0.2) is 24.4 Å². The zero-order valence-electron chi connectivity index (χ0n) is 8.50. The van der Waals surface area contributed by atoms with E-state index in [1.165, 1.54) is 12.1 Å². The molecule has 0 fully saturated rings. The maximum Gasteiger partial charge on any atom is 0.130 e. The van der Waals surface area contributed by atoms with Crippen molar-refractivity contribution in [3.63, 3.8) is 0 Å². The first-order valence-corrected chi connectivity index (χ1v) is 4.85. The molecule has 1 aromatic carbocycles. The SMILES string of the molecule is CNCCc1ncc2ccc(F)cc2n1. The van der Waals surface area contributed by atoms with Gasteiger partial charge < -0.3 is 5.32 Å².